The molecule has 4 heterocycles. The third-order valence-electron chi connectivity index (χ3n) is 5.75. The van der Waals surface area contributed by atoms with E-state index in [1.54, 1.807) is 0 Å². The van der Waals surface area contributed by atoms with Crippen molar-refractivity contribution in [3.05, 3.63) is 48.3 Å². The first-order chi connectivity index (χ1) is 13.2. The van der Waals surface area contributed by atoms with Gasteiger partial charge in [0.2, 0.25) is 5.91 Å². The molecule has 27 heavy (non-hydrogen) atoms. The summed E-state index contributed by atoms with van der Waals surface area (Å²) in [6, 6.07) is 6.30. The Hall–Kier alpha value is -2.25. The van der Waals surface area contributed by atoms with E-state index in [-0.39, 0.29) is 11.9 Å². The molecule has 0 radical (unpaired) electrons. The van der Waals surface area contributed by atoms with Crippen LogP contribution in [-0.4, -0.2) is 50.5 Å². The van der Waals surface area contributed by atoms with Crippen LogP contribution in [0.25, 0.3) is 0 Å². The maximum Gasteiger partial charge on any atom is 0.241 e. The number of piperidine rings is 1. The van der Waals surface area contributed by atoms with Gasteiger partial charge in [-0.05, 0) is 37.8 Å². The molecule has 0 saturated carbocycles. The number of pyridine rings is 1. The van der Waals surface area contributed by atoms with Gasteiger partial charge in [-0.1, -0.05) is 13.0 Å². The minimum absolute atomic E-state index is 0.0855. The molecule has 2 aromatic rings. The summed E-state index contributed by atoms with van der Waals surface area (Å²) in [7, 11) is 0. The number of hydrogen-bond acceptors (Lipinski definition) is 5. The molecule has 2 aliphatic heterocycles. The third kappa shape index (κ3) is 4.04. The van der Waals surface area contributed by atoms with Gasteiger partial charge in [-0.2, -0.15) is 0 Å². The fraction of sp³-hybridized carbons (Fsp3) is 0.550. The molecule has 0 aliphatic carbocycles. The van der Waals surface area contributed by atoms with E-state index in [9.17, 15) is 4.79 Å². The Morgan fingerprint density at radius 2 is 2.04 bits per heavy atom. The Morgan fingerprint density at radius 1 is 1.19 bits per heavy atom. The monoisotopic (exact) mass is 368 g/mol. The van der Waals surface area contributed by atoms with Gasteiger partial charge in [0.25, 0.3) is 0 Å². The molecule has 1 amide bonds. The van der Waals surface area contributed by atoms with Gasteiger partial charge < -0.3 is 9.47 Å². The highest BCUT2D eigenvalue weighted by molar-refractivity contribution is 5.82. The standard InChI is InChI=1S/C20H28N6O/c1-2-16-13-18(24-23-16)20(27)25-10-6-15(7-11-25)19-22-9-12-26(19)14-17-5-3-4-8-21-17/h3-5,8-9,12,15-16,18,23-24H,2,6-7,10-11,13-14H2,1H3. The lowest BCUT2D eigenvalue weighted by Crippen LogP contribution is -2.48. The molecule has 2 N–H and O–H groups in total. The van der Waals surface area contributed by atoms with Crippen molar-refractivity contribution in [1.82, 2.24) is 30.3 Å². The molecule has 7 heteroatoms. The van der Waals surface area contributed by atoms with Gasteiger partial charge in [-0.3, -0.25) is 15.2 Å². The second-order valence-electron chi connectivity index (χ2n) is 7.52. The molecule has 0 bridgehead atoms. The Bertz CT molecular complexity index is 753. The summed E-state index contributed by atoms with van der Waals surface area (Å²) in [4.78, 5) is 23.8. The van der Waals surface area contributed by atoms with E-state index in [2.05, 4.69) is 32.3 Å². The normalized spacial score (nSPS) is 23.7. The maximum atomic E-state index is 12.8. The number of nitrogens with zero attached hydrogens (tertiary/aromatic N) is 4. The highest BCUT2D eigenvalue weighted by Crippen LogP contribution is 2.28. The Balaban J connectivity index is 1.35. The number of likely N-dealkylation sites (tertiary alicyclic amines) is 1. The maximum absolute atomic E-state index is 12.8. The predicted molar refractivity (Wildman–Crippen MR) is 103 cm³/mol. The zero-order valence-electron chi connectivity index (χ0n) is 15.8. The quantitative estimate of drug-likeness (QED) is 0.840. The van der Waals surface area contributed by atoms with Gasteiger partial charge in [-0.15, -0.1) is 0 Å². The summed E-state index contributed by atoms with van der Waals surface area (Å²) in [5.41, 5.74) is 7.42. The summed E-state index contributed by atoms with van der Waals surface area (Å²) >= 11 is 0. The van der Waals surface area contributed by atoms with Crippen LogP contribution in [-0.2, 0) is 11.3 Å². The summed E-state index contributed by atoms with van der Waals surface area (Å²) < 4.78 is 2.19. The molecular weight excluding hydrogens is 340 g/mol. The number of imidazole rings is 1. The van der Waals surface area contributed by atoms with E-state index >= 15 is 0 Å². The van der Waals surface area contributed by atoms with Crippen molar-refractivity contribution >= 4 is 5.91 Å². The summed E-state index contributed by atoms with van der Waals surface area (Å²) in [5.74, 6) is 1.74. The molecule has 144 valence electrons. The van der Waals surface area contributed by atoms with Gasteiger partial charge in [0.05, 0.1) is 12.2 Å². The number of nitrogens with one attached hydrogen (secondary N) is 2. The van der Waals surface area contributed by atoms with Crippen molar-refractivity contribution in [1.29, 1.82) is 0 Å². The fourth-order valence-electron chi connectivity index (χ4n) is 4.11. The Morgan fingerprint density at radius 3 is 2.74 bits per heavy atom. The van der Waals surface area contributed by atoms with E-state index in [1.807, 2.05) is 41.7 Å². The molecule has 4 rings (SSSR count). The molecule has 0 aromatic carbocycles. The largest absolute Gasteiger partial charge is 0.341 e. The zero-order valence-corrected chi connectivity index (χ0v) is 15.8. The number of carbonyl (C=O) groups excluding carboxylic acids is 1. The van der Waals surface area contributed by atoms with Crippen molar-refractivity contribution in [3.63, 3.8) is 0 Å². The molecular formula is C20H28N6O. The number of rotatable bonds is 5. The lowest BCUT2D eigenvalue weighted by molar-refractivity contribution is -0.134. The molecule has 2 aliphatic rings. The first-order valence-corrected chi connectivity index (χ1v) is 9.95. The smallest absolute Gasteiger partial charge is 0.241 e. The van der Waals surface area contributed by atoms with E-state index in [1.165, 1.54) is 0 Å². The average Bonchev–Trinajstić information content (AvgIpc) is 3.38. The molecule has 2 unspecified atom stereocenters. The highest BCUT2D eigenvalue weighted by atomic mass is 16.2. The van der Waals surface area contributed by atoms with Crippen LogP contribution < -0.4 is 10.9 Å². The van der Waals surface area contributed by atoms with Crippen LogP contribution in [0.3, 0.4) is 0 Å². The second-order valence-corrected chi connectivity index (χ2v) is 7.52. The van der Waals surface area contributed by atoms with Gasteiger partial charge in [0, 0.05) is 43.6 Å². The SMILES string of the molecule is CCC1CC(C(=O)N2CCC(c3nccn3Cc3ccccn3)CC2)NN1. The van der Waals surface area contributed by atoms with Crippen molar-refractivity contribution in [2.75, 3.05) is 13.1 Å². The fourth-order valence-corrected chi connectivity index (χ4v) is 4.11. The first kappa shape index (κ1) is 18.1. The van der Waals surface area contributed by atoms with Gasteiger partial charge in [-0.25, -0.2) is 10.4 Å². The topological polar surface area (TPSA) is 75.1 Å². The van der Waals surface area contributed by atoms with Gasteiger partial charge in [0.1, 0.15) is 11.9 Å². The van der Waals surface area contributed by atoms with Crippen molar-refractivity contribution in [2.24, 2.45) is 0 Å². The molecule has 2 fully saturated rings. The Kier molecular flexibility index (Phi) is 5.50. The summed E-state index contributed by atoms with van der Waals surface area (Å²) in [5, 5.41) is 0. The van der Waals surface area contributed by atoms with Gasteiger partial charge >= 0.3 is 0 Å². The number of amides is 1. The van der Waals surface area contributed by atoms with Crippen LogP contribution in [0.1, 0.15) is 50.0 Å². The van der Waals surface area contributed by atoms with E-state index in [0.29, 0.717) is 12.0 Å². The molecule has 2 atom stereocenters. The average molecular weight is 368 g/mol. The van der Waals surface area contributed by atoms with E-state index in [4.69, 9.17) is 0 Å². The van der Waals surface area contributed by atoms with Crippen LogP contribution in [0.2, 0.25) is 0 Å². The Labute approximate surface area is 160 Å². The lowest BCUT2D eigenvalue weighted by atomic mass is 9.95. The van der Waals surface area contributed by atoms with E-state index < -0.39 is 0 Å². The lowest BCUT2D eigenvalue weighted by Gasteiger charge is -2.33. The third-order valence-corrected chi connectivity index (χ3v) is 5.75. The van der Waals surface area contributed by atoms with Crippen LogP contribution in [0, 0.1) is 0 Å². The number of aromatic nitrogens is 3. The highest BCUT2D eigenvalue weighted by Gasteiger charge is 2.34. The van der Waals surface area contributed by atoms with Crippen molar-refractivity contribution in [2.45, 2.75) is 57.2 Å². The summed E-state index contributed by atoms with van der Waals surface area (Å²) in [6.45, 7) is 4.49. The summed E-state index contributed by atoms with van der Waals surface area (Å²) in [6.07, 6.45) is 9.56. The second kappa shape index (κ2) is 8.19. The zero-order chi connectivity index (χ0) is 18.6. The van der Waals surface area contributed by atoms with Crippen LogP contribution in [0.5, 0.6) is 0 Å². The molecule has 0 spiro atoms. The minimum Gasteiger partial charge on any atom is -0.341 e. The molecule has 2 aromatic heterocycles. The number of hydrazine groups is 1. The first-order valence-electron chi connectivity index (χ1n) is 9.95. The van der Waals surface area contributed by atoms with Crippen LogP contribution in [0.15, 0.2) is 36.8 Å². The minimum atomic E-state index is -0.0855. The molecule has 7 nitrogen and oxygen atoms in total. The van der Waals surface area contributed by atoms with E-state index in [0.717, 1.165) is 56.8 Å². The predicted octanol–water partition coefficient (Wildman–Crippen LogP) is 1.68. The van der Waals surface area contributed by atoms with Crippen LogP contribution >= 0.6 is 0 Å². The number of carbonyl (C=O) groups is 1. The van der Waals surface area contributed by atoms with Crippen molar-refractivity contribution in [3.8, 4) is 0 Å². The molecule has 2 saturated heterocycles. The van der Waals surface area contributed by atoms with Gasteiger partial charge in [0.15, 0.2) is 0 Å². The van der Waals surface area contributed by atoms with Crippen molar-refractivity contribution < 1.29 is 4.79 Å². The van der Waals surface area contributed by atoms with Crippen LogP contribution in [0.4, 0.5) is 0 Å². The number of hydrogen-bond donors (Lipinski definition) is 2.